The van der Waals surface area contributed by atoms with Crippen LogP contribution in [0.3, 0.4) is 0 Å². The van der Waals surface area contributed by atoms with Gasteiger partial charge in [0.05, 0.1) is 5.69 Å². The van der Waals surface area contributed by atoms with E-state index in [0.29, 0.717) is 24.2 Å². The number of pyridine rings is 1. The number of nitrogens with one attached hydrogen (secondary N) is 1. The highest BCUT2D eigenvalue weighted by atomic mass is 15.4. The van der Waals surface area contributed by atoms with Crippen LogP contribution in [0, 0.1) is 5.92 Å². The Kier molecular flexibility index (Phi) is 5.68. The summed E-state index contributed by atoms with van der Waals surface area (Å²) in [6.07, 6.45) is 13.8. The maximum absolute atomic E-state index is 5.20. The third-order valence-electron chi connectivity index (χ3n) is 8.36. The van der Waals surface area contributed by atoms with Crippen molar-refractivity contribution in [2.24, 2.45) is 5.92 Å². The molecule has 2 saturated heterocycles. The molecule has 3 aliphatic rings. The molecule has 7 nitrogen and oxygen atoms in total. The summed E-state index contributed by atoms with van der Waals surface area (Å²) in [7, 11) is 0. The maximum Gasteiger partial charge on any atom is 0.212 e. The van der Waals surface area contributed by atoms with E-state index in [0.717, 1.165) is 47.7 Å². The average Bonchev–Trinajstić information content (AvgIpc) is 3.60. The molecular weight excluding hydrogens is 422 g/mol. The van der Waals surface area contributed by atoms with E-state index in [1.165, 1.54) is 38.5 Å². The van der Waals surface area contributed by atoms with Gasteiger partial charge >= 0.3 is 0 Å². The van der Waals surface area contributed by atoms with Crippen LogP contribution in [0.15, 0.2) is 36.8 Å². The Bertz CT molecular complexity index is 1150. The van der Waals surface area contributed by atoms with Crippen LogP contribution >= 0.6 is 0 Å². The molecule has 5 heterocycles. The molecule has 180 valence electrons. The first kappa shape index (κ1) is 21.8. The van der Waals surface area contributed by atoms with Gasteiger partial charge in [-0.2, -0.15) is 0 Å². The molecule has 0 spiro atoms. The smallest absolute Gasteiger partial charge is 0.212 e. The van der Waals surface area contributed by atoms with E-state index < -0.39 is 0 Å². The van der Waals surface area contributed by atoms with Gasteiger partial charge in [0.1, 0.15) is 11.5 Å². The zero-order valence-corrected chi connectivity index (χ0v) is 20.7. The van der Waals surface area contributed by atoms with Crippen molar-refractivity contribution in [1.82, 2.24) is 24.3 Å². The molecule has 1 saturated carbocycles. The maximum atomic E-state index is 5.20. The van der Waals surface area contributed by atoms with Crippen LogP contribution in [-0.4, -0.2) is 61.5 Å². The second kappa shape index (κ2) is 8.84. The molecule has 3 atom stereocenters. The van der Waals surface area contributed by atoms with Gasteiger partial charge in [-0.25, -0.2) is 15.0 Å². The average molecular weight is 460 g/mol. The number of aromatic nitrogens is 4. The predicted molar refractivity (Wildman–Crippen MR) is 137 cm³/mol. The summed E-state index contributed by atoms with van der Waals surface area (Å²) in [6.45, 7) is 9.08. The Balaban J connectivity index is 1.28. The van der Waals surface area contributed by atoms with Crippen molar-refractivity contribution in [1.29, 1.82) is 0 Å². The number of imidazole rings is 1. The number of hydrogen-bond acceptors (Lipinski definition) is 6. The van der Waals surface area contributed by atoms with Gasteiger partial charge in [0.2, 0.25) is 5.95 Å². The first-order valence-electron chi connectivity index (χ1n) is 13.2. The highest BCUT2D eigenvalue weighted by Gasteiger charge is 2.45. The highest BCUT2D eigenvalue weighted by Crippen LogP contribution is 2.36. The van der Waals surface area contributed by atoms with Crippen molar-refractivity contribution in [2.75, 3.05) is 23.3 Å². The summed E-state index contributed by atoms with van der Waals surface area (Å²) in [6, 6.07) is 8.50. The molecular formula is C27H37N7. The minimum absolute atomic E-state index is 0.436. The molecule has 0 amide bonds. The first-order valence-corrected chi connectivity index (χ1v) is 13.2. The third kappa shape index (κ3) is 3.94. The Hall–Kier alpha value is -2.67. The largest absolute Gasteiger partial charge is 0.367 e. The Morgan fingerprint density at radius 3 is 2.59 bits per heavy atom. The van der Waals surface area contributed by atoms with E-state index >= 15 is 0 Å². The van der Waals surface area contributed by atoms with E-state index in [2.05, 4.69) is 68.5 Å². The standard InChI is InChI=1S/C27H37N7/c1-18(2)33-16-23-14-22(33)17-34(23)27-31-24(15-26-29-11-12-32(26)27)21-9-10-28-25(13-21)30-19(3)20-7-5-4-6-8-20/h9-13,15,18-20,22-23H,4-8,14,16-17H2,1-3H3,(H,28,30)/t19-,22?,23?/m0/s1. The van der Waals surface area contributed by atoms with Crippen molar-refractivity contribution in [3.8, 4) is 11.3 Å². The molecule has 7 heteroatoms. The molecule has 6 rings (SSSR count). The Morgan fingerprint density at radius 1 is 0.971 bits per heavy atom. The van der Waals surface area contributed by atoms with Gasteiger partial charge in [-0.05, 0) is 58.1 Å². The lowest BCUT2D eigenvalue weighted by atomic mass is 9.84. The zero-order chi connectivity index (χ0) is 23.2. The van der Waals surface area contributed by atoms with Crippen LogP contribution in [0.4, 0.5) is 11.8 Å². The van der Waals surface area contributed by atoms with E-state index in [1.54, 1.807) is 0 Å². The number of piperazine rings is 1. The molecule has 34 heavy (non-hydrogen) atoms. The molecule has 1 aliphatic carbocycles. The van der Waals surface area contributed by atoms with Crippen molar-refractivity contribution < 1.29 is 0 Å². The fraction of sp³-hybridized carbons (Fsp3) is 0.593. The minimum atomic E-state index is 0.436. The minimum Gasteiger partial charge on any atom is -0.367 e. The molecule has 0 radical (unpaired) electrons. The highest BCUT2D eigenvalue weighted by molar-refractivity contribution is 5.68. The summed E-state index contributed by atoms with van der Waals surface area (Å²) < 4.78 is 2.15. The van der Waals surface area contributed by atoms with Gasteiger partial charge in [-0.1, -0.05) is 19.3 Å². The summed E-state index contributed by atoms with van der Waals surface area (Å²) in [5, 5.41) is 3.69. The van der Waals surface area contributed by atoms with Crippen LogP contribution in [0.1, 0.15) is 59.3 Å². The molecule has 3 aromatic rings. The van der Waals surface area contributed by atoms with Crippen molar-refractivity contribution in [2.45, 2.75) is 83.5 Å². The summed E-state index contributed by atoms with van der Waals surface area (Å²) in [5.74, 6) is 2.69. The van der Waals surface area contributed by atoms with Gasteiger partial charge in [-0.15, -0.1) is 0 Å². The third-order valence-corrected chi connectivity index (χ3v) is 8.36. The monoisotopic (exact) mass is 459 g/mol. The fourth-order valence-corrected chi connectivity index (χ4v) is 6.49. The summed E-state index contributed by atoms with van der Waals surface area (Å²) in [4.78, 5) is 19.6. The SMILES string of the molecule is CC(C)N1CC2CC1CN2c1nc(-c2ccnc(N[C@@H](C)C3CCCCC3)c2)cc2nccn12. The molecule has 3 aromatic heterocycles. The number of likely N-dealkylation sites (tertiary alicyclic amines) is 1. The van der Waals surface area contributed by atoms with E-state index in [9.17, 15) is 0 Å². The zero-order valence-electron chi connectivity index (χ0n) is 20.7. The molecule has 2 aliphatic heterocycles. The van der Waals surface area contributed by atoms with Gasteiger partial charge < -0.3 is 10.2 Å². The molecule has 0 aromatic carbocycles. The topological polar surface area (TPSA) is 61.6 Å². The van der Waals surface area contributed by atoms with Gasteiger partial charge in [-0.3, -0.25) is 9.30 Å². The quantitative estimate of drug-likeness (QED) is 0.569. The molecule has 1 N–H and O–H groups in total. The Morgan fingerprint density at radius 2 is 1.82 bits per heavy atom. The number of rotatable bonds is 6. The molecule has 2 unspecified atom stereocenters. The number of fused-ring (bicyclic) bond motifs is 3. The molecule has 2 bridgehead atoms. The van der Waals surface area contributed by atoms with Crippen molar-refractivity contribution in [3.63, 3.8) is 0 Å². The van der Waals surface area contributed by atoms with Crippen LogP contribution in [-0.2, 0) is 0 Å². The number of nitrogens with zero attached hydrogens (tertiary/aromatic N) is 6. The summed E-state index contributed by atoms with van der Waals surface area (Å²) in [5.41, 5.74) is 3.01. The number of hydrogen-bond donors (Lipinski definition) is 1. The second-order valence-electron chi connectivity index (χ2n) is 10.8. The lowest BCUT2D eigenvalue weighted by molar-refractivity contribution is 0.190. The lowest BCUT2D eigenvalue weighted by Gasteiger charge is -2.37. The van der Waals surface area contributed by atoms with E-state index in [-0.39, 0.29) is 0 Å². The number of anilines is 2. The Labute approximate surface area is 202 Å². The van der Waals surface area contributed by atoms with Gasteiger partial charge in [0, 0.05) is 67.5 Å². The van der Waals surface area contributed by atoms with Gasteiger partial charge in [0.15, 0.2) is 0 Å². The second-order valence-corrected chi connectivity index (χ2v) is 10.8. The first-order chi connectivity index (χ1) is 16.6. The van der Waals surface area contributed by atoms with Crippen molar-refractivity contribution >= 4 is 17.4 Å². The van der Waals surface area contributed by atoms with Crippen LogP contribution < -0.4 is 10.2 Å². The normalized spacial score (nSPS) is 24.4. The fourth-order valence-electron chi connectivity index (χ4n) is 6.49. The van der Waals surface area contributed by atoms with Crippen molar-refractivity contribution in [3.05, 3.63) is 36.8 Å². The van der Waals surface area contributed by atoms with E-state index in [1.807, 2.05) is 18.6 Å². The predicted octanol–water partition coefficient (Wildman–Crippen LogP) is 4.84. The molecule has 3 fully saturated rings. The van der Waals surface area contributed by atoms with Crippen LogP contribution in [0.5, 0.6) is 0 Å². The van der Waals surface area contributed by atoms with E-state index in [4.69, 9.17) is 4.98 Å². The van der Waals surface area contributed by atoms with Crippen LogP contribution in [0.25, 0.3) is 16.9 Å². The van der Waals surface area contributed by atoms with Crippen LogP contribution in [0.2, 0.25) is 0 Å². The lowest BCUT2D eigenvalue weighted by Crippen LogP contribution is -2.49. The van der Waals surface area contributed by atoms with Gasteiger partial charge in [0.25, 0.3) is 0 Å². The summed E-state index contributed by atoms with van der Waals surface area (Å²) >= 11 is 0.